The van der Waals surface area contributed by atoms with E-state index in [-0.39, 0.29) is 12.1 Å². The number of hydrogen-bond donors (Lipinski definition) is 2. The lowest BCUT2D eigenvalue weighted by Crippen LogP contribution is -2.45. The molecule has 0 spiro atoms. The molecule has 0 aliphatic carbocycles. The van der Waals surface area contributed by atoms with E-state index in [1.165, 1.54) is 0 Å². The Morgan fingerprint density at radius 2 is 2.37 bits per heavy atom. The molecular formula is C13H22N4O2. The Kier molecular flexibility index (Phi) is 4.79. The van der Waals surface area contributed by atoms with Crippen molar-refractivity contribution in [2.24, 2.45) is 0 Å². The molecule has 1 fully saturated rings. The summed E-state index contributed by atoms with van der Waals surface area (Å²) >= 11 is 0. The number of nitrogens with one attached hydrogen (secondary N) is 2. The van der Waals surface area contributed by atoms with Gasteiger partial charge in [-0.05, 0) is 26.7 Å². The molecule has 106 valence electrons. The van der Waals surface area contributed by atoms with E-state index in [9.17, 15) is 4.79 Å². The smallest absolute Gasteiger partial charge is 0.409 e. The van der Waals surface area contributed by atoms with Crippen LogP contribution in [0.5, 0.6) is 0 Å². The number of nitrogens with zero attached hydrogens (tertiary/aromatic N) is 2. The van der Waals surface area contributed by atoms with Gasteiger partial charge < -0.3 is 15.0 Å². The molecule has 1 saturated heterocycles. The molecule has 1 aliphatic heterocycles. The average molecular weight is 266 g/mol. The quantitative estimate of drug-likeness (QED) is 0.870. The van der Waals surface area contributed by atoms with E-state index in [4.69, 9.17) is 4.74 Å². The molecule has 6 heteroatoms. The lowest BCUT2D eigenvalue weighted by molar-refractivity contribution is 0.0944. The molecule has 19 heavy (non-hydrogen) atoms. The second-order valence-corrected chi connectivity index (χ2v) is 4.88. The van der Waals surface area contributed by atoms with E-state index in [1.54, 1.807) is 4.90 Å². The van der Waals surface area contributed by atoms with Gasteiger partial charge in [0.2, 0.25) is 0 Å². The number of ether oxygens (including phenoxy) is 1. The van der Waals surface area contributed by atoms with Crippen molar-refractivity contribution >= 4 is 6.09 Å². The highest BCUT2D eigenvalue weighted by Crippen LogP contribution is 2.16. The van der Waals surface area contributed by atoms with Crippen molar-refractivity contribution in [3.63, 3.8) is 0 Å². The van der Waals surface area contributed by atoms with Gasteiger partial charge in [0.15, 0.2) is 0 Å². The molecule has 2 heterocycles. The van der Waals surface area contributed by atoms with E-state index in [2.05, 4.69) is 22.4 Å². The monoisotopic (exact) mass is 266 g/mol. The minimum atomic E-state index is -0.191. The van der Waals surface area contributed by atoms with Crippen LogP contribution < -0.4 is 5.32 Å². The third-order valence-electron chi connectivity index (χ3n) is 3.53. The zero-order valence-electron chi connectivity index (χ0n) is 11.6. The van der Waals surface area contributed by atoms with Gasteiger partial charge in [-0.25, -0.2) is 4.79 Å². The summed E-state index contributed by atoms with van der Waals surface area (Å²) in [6.45, 7) is 5.92. The average Bonchev–Trinajstić information content (AvgIpc) is 2.94. The predicted molar refractivity (Wildman–Crippen MR) is 71.8 cm³/mol. The Labute approximate surface area is 113 Å². The third kappa shape index (κ3) is 3.70. The van der Waals surface area contributed by atoms with Gasteiger partial charge in [-0.1, -0.05) is 0 Å². The molecule has 0 saturated carbocycles. The molecule has 0 radical (unpaired) electrons. The highest BCUT2D eigenvalue weighted by atomic mass is 16.6. The maximum Gasteiger partial charge on any atom is 0.409 e. The SMILES string of the molecule is CCOC(=O)N1CCC(NC(C)c2cn[nH]c2)CC1. The van der Waals surface area contributed by atoms with Crippen molar-refractivity contribution in [3.05, 3.63) is 18.0 Å². The second-order valence-electron chi connectivity index (χ2n) is 4.88. The van der Waals surface area contributed by atoms with Crippen LogP contribution in [0.3, 0.4) is 0 Å². The van der Waals surface area contributed by atoms with E-state index in [0.717, 1.165) is 31.5 Å². The molecule has 1 amide bonds. The standard InChI is InChI=1S/C13H22N4O2/c1-3-19-13(18)17-6-4-12(5-7-17)16-10(2)11-8-14-15-9-11/h8-10,12,16H,3-7H2,1-2H3,(H,14,15). The molecular weight excluding hydrogens is 244 g/mol. The molecule has 1 aromatic rings. The summed E-state index contributed by atoms with van der Waals surface area (Å²) < 4.78 is 5.01. The van der Waals surface area contributed by atoms with Crippen LogP contribution in [0, 0.1) is 0 Å². The Bertz CT molecular complexity index is 385. The van der Waals surface area contributed by atoms with Crippen LogP contribution in [0.15, 0.2) is 12.4 Å². The highest BCUT2D eigenvalue weighted by Gasteiger charge is 2.24. The molecule has 6 nitrogen and oxygen atoms in total. The van der Waals surface area contributed by atoms with E-state index < -0.39 is 0 Å². The number of aromatic amines is 1. The minimum absolute atomic E-state index is 0.191. The van der Waals surface area contributed by atoms with Gasteiger partial charge in [-0.3, -0.25) is 5.10 Å². The first kappa shape index (κ1) is 13.9. The van der Waals surface area contributed by atoms with Crippen molar-refractivity contribution in [2.75, 3.05) is 19.7 Å². The number of rotatable bonds is 4. The topological polar surface area (TPSA) is 70.2 Å². The zero-order chi connectivity index (χ0) is 13.7. The predicted octanol–water partition coefficient (Wildman–Crippen LogP) is 1.68. The summed E-state index contributed by atoms with van der Waals surface area (Å²) in [5.41, 5.74) is 1.16. The van der Waals surface area contributed by atoms with E-state index >= 15 is 0 Å². The molecule has 1 aliphatic rings. The maximum atomic E-state index is 11.6. The molecule has 1 atom stereocenters. The Balaban J connectivity index is 1.76. The number of carbonyl (C=O) groups is 1. The first-order valence-corrected chi connectivity index (χ1v) is 6.87. The highest BCUT2D eigenvalue weighted by molar-refractivity contribution is 5.67. The van der Waals surface area contributed by atoms with Gasteiger partial charge in [0, 0.05) is 36.9 Å². The summed E-state index contributed by atoms with van der Waals surface area (Å²) in [5, 5.41) is 10.4. The number of H-pyrrole nitrogens is 1. The largest absolute Gasteiger partial charge is 0.450 e. The Morgan fingerprint density at radius 1 is 1.63 bits per heavy atom. The van der Waals surface area contributed by atoms with Crippen molar-refractivity contribution in [3.8, 4) is 0 Å². The molecule has 0 bridgehead atoms. The molecule has 1 unspecified atom stereocenters. The second kappa shape index (κ2) is 6.56. The maximum absolute atomic E-state index is 11.6. The lowest BCUT2D eigenvalue weighted by Gasteiger charge is -2.33. The van der Waals surface area contributed by atoms with Gasteiger partial charge in [0.1, 0.15) is 0 Å². The van der Waals surface area contributed by atoms with Crippen LogP contribution in [0.2, 0.25) is 0 Å². The van der Waals surface area contributed by atoms with Gasteiger partial charge in [-0.2, -0.15) is 5.10 Å². The van der Waals surface area contributed by atoms with Crippen molar-refractivity contribution in [1.29, 1.82) is 0 Å². The van der Waals surface area contributed by atoms with Crippen LogP contribution in [0.1, 0.15) is 38.3 Å². The van der Waals surface area contributed by atoms with E-state index in [1.807, 2.05) is 19.3 Å². The van der Waals surface area contributed by atoms with Gasteiger partial charge >= 0.3 is 6.09 Å². The minimum Gasteiger partial charge on any atom is -0.450 e. The summed E-state index contributed by atoms with van der Waals surface area (Å²) in [4.78, 5) is 13.4. The molecule has 2 rings (SSSR count). The fourth-order valence-electron chi connectivity index (χ4n) is 2.39. The Hall–Kier alpha value is -1.56. The fraction of sp³-hybridized carbons (Fsp3) is 0.692. The number of amides is 1. The first-order valence-electron chi connectivity index (χ1n) is 6.87. The summed E-state index contributed by atoms with van der Waals surface area (Å²) in [5.74, 6) is 0. The summed E-state index contributed by atoms with van der Waals surface area (Å²) in [6, 6.07) is 0.716. The fourth-order valence-corrected chi connectivity index (χ4v) is 2.39. The van der Waals surface area contributed by atoms with Gasteiger partial charge in [0.05, 0.1) is 12.8 Å². The number of aromatic nitrogens is 2. The van der Waals surface area contributed by atoms with Crippen molar-refractivity contribution in [2.45, 2.75) is 38.8 Å². The van der Waals surface area contributed by atoms with Crippen molar-refractivity contribution in [1.82, 2.24) is 20.4 Å². The van der Waals surface area contributed by atoms with Crippen LogP contribution in [-0.2, 0) is 4.74 Å². The number of carbonyl (C=O) groups excluding carboxylic acids is 1. The first-order chi connectivity index (χ1) is 9.20. The van der Waals surface area contributed by atoms with Crippen LogP contribution in [0.25, 0.3) is 0 Å². The summed E-state index contributed by atoms with van der Waals surface area (Å²) in [6.07, 6.45) is 5.47. The normalized spacial score (nSPS) is 18.3. The van der Waals surface area contributed by atoms with Gasteiger partial charge in [-0.15, -0.1) is 0 Å². The van der Waals surface area contributed by atoms with E-state index in [0.29, 0.717) is 12.6 Å². The zero-order valence-corrected chi connectivity index (χ0v) is 11.6. The van der Waals surface area contributed by atoms with Crippen LogP contribution >= 0.6 is 0 Å². The third-order valence-corrected chi connectivity index (χ3v) is 3.53. The molecule has 2 N–H and O–H groups in total. The number of hydrogen-bond acceptors (Lipinski definition) is 4. The summed E-state index contributed by atoms with van der Waals surface area (Å²) in [7, 11) is 0. The lowest BCUT2D eigenvalue weighted by atomic mass is 10.0. The van der Waals surface area contributed by atoms with Gasteiger partial charge in [0.25, 0.3) is 0 Å². The van der Waals surface area contributed by atoms with Crippen molar-refractivity contribution < 1.29 is 9.53 Å². The number of piperidine rings is 1. The van der Waals surface area contributed by atoms with Crippen LogP contribution in [-0.4, -0.2) is 46.9 Å². The molecule has 0 aromatic carbocycles. The van der Waals surface area contributed by atoms with Crippen LogP contribution in [0.4, 0.5) is 4.79 Å². The molecule has 1 aromatic heterocycles. The number of likely N-dealkylation sites (tertiary alicyclic amines) is 1. The Morgan fingerprint density at radius 3 is 2.95 bits per heavy atom.